The van der Waals surface area contributed by atoms with Crippen LogP contribution < -0.4 is 4.74 Å². The van der Waals surface area contributed by atoms with Gasteiger partial charge in [-0.2, -0.15) is 0 Å². The molecule has 1 aliphatic carbocycles. The van der Waals surface area contributed by atoms with Gasteiger partial charge in [-0.15, -0.1) is 0 Å². The minimum absolute atomic E-state index is 0.0524. The van der Waals surface area contributed by atoms with E-state index in [0.29, 0.717) is 17.3 Å². The van der Waals surface area contributed by atoms with Crippen LogP contribution in [0.2, 0.25) is 5.02 Å². The second-order valence-electron chi connectivity index (χ2n) is 7.29. The average Bonchev–Trinajstić information content (AvgIpc) is 2.79. The van der Waals surface area contributed by atoms with Gasteiger partial charge in [0.15, 0.2) is 0 Å². The molecule has 0 atom stereocenters. The van der Waals surface area contributed by atoms with E-state index in [4.69, 9.17) is 16.3 Å². The number of hydrogen-bond donors (Lipinski definition) is 1. The van der Waals surface area contributed by atoms with Crippen LogP contribution in [0.1, 0.15) is 53.0 Å². The van der Waals surface area contributed by atoms with Crippen LogP contribution in [0.15, 0.2) is 66.7 Å². The minimum Gasteiger partial charge on any atom is -0.488 e. The third-order valence-corrected chi connectivity index (χ3v) is 5.48. The molecule has 1 aliphatic rings. The monoisotopic (exact) mass is 419 g/mol. The second-order valence-corrected chi connectivity index (χ2v) is 7.73. The fourth-order valence-corrected chi connectivity index (χ4v) is 3.98. The number of hydrogen-bond acceptors (Lipinski definition) is 3. The smallest absolute Gasteiger partial charge is 0.354 e. The molecular weight excluding hydrogens is 398 g/mol. The SMILES string of the molecule is O=C(O)c1cccc(C2=C(c3cc(Cl)ccc3OCc3ccccc3)CCCC2)n1. The van der Waals surface area contributed by atoms with E-state index < -0.39 is 5.97 Å². The van der Waals surface area contributed by atoms with Crippen LogP contribution in [0.5, 0.6) is 5.75 Å². The first kappa shape index (κ1) is 20.2. The predicted molar refractivity (Wildman–Crippen MR) is 119 cm³/mol. The first-order chi connectivity index (χ1) is 14.6. The molecule has 0 bridgehead atoms. The van der Waals surface area contributed by atoms with Crippen LogP contribution in [0.3, 0.4) is 0 Å². The summed E-state index contributed by atoms with van der Waals surface area (Å²) in [5.41, 5.74) is 5.00. The molecule has 4 rings (SSSR count). The van der Waals surface area contributed by atoms with Crippen LogP contribution in [0.4, 0.5) is 0 Å². The number of carboxylic acids is 1. The Bertz CT molecular complexity index is 1090. The van der Waals surface area contributed by atoms with E-state index >= 15 is 0 Å². The molecule has 0 spiro atoms. The zero-order valence-corrected chi connectivity index (χ0v) is 17.2. The Morgan fingerprint density at radius 2 is 1.73 bits per heavy atom. The molecule has 4 nitrogen and oxygen atoms in total. The van der Waals surface area contributed by atoms with Crippen molar-refractivity contribution >= 4 is 28.7 Å². The number of carbonyl (C=O) groups is 1. The van der Waals surface area contributed by atoms with Crippen molar-refractivity contribution in [2.45, 2.75) is 32.3 Å². The van der Waals surface area contributed by atoms with Crippen molar-refractivity contribution in [1.29, 1.82) is 0 Å². The highest BCUT2D eigenvalue weighted by molar-refractivity contribution is 6.30. The zero-order valence-electron chi connectivity index (χ0n) is 16.5. The molecule has 30 heavy (non-hydrogen) atoms. The summed E-state index contributed by atoms with van der Waals surface area (Å²) in [7, 11) is 0. The predicted octanol–water partition coefficient (Wildman–Crippen LogP) is 6.50. The topological polar surface area (TPSA) is 59.4 Å². The Kier molecular flexibility index (Phi) is 6.15. The van der Waals surface area contributed by atoms with E-state index in [-0.39, 0.29) is 5.69 Å². The van der Waals surface area contributed by atoms with Crippen molar-refractivity contribution in [3.05, 3.63) is 94.3 Å². The number of pyridine rings is 1. The summed E-state index contributed by atoms with van der Waals surface area (Å²) in [6.45, 7) is 0.463. The maximum Gasteiger partial charge on any atom is 0.354 e. The lowest BCUT2D eigenvalue weighted by molar-refractivity contribution is 0.0690. The van der Waals surface area contributed by atoms with Gasteiger partial charge in [0.05, 0.1) is 5.69 Å². The molecule has 152 valence electrons. The Balaban J connectivity index is 1.75. The number of aromatic carboxylic acids is 1. The van der Waals surface area contributed by atoms with Gasteiger partial charge in [0.1, 0.15) is 18.1 Å². The Morgan fingerprint density at radius 3 is 2.50 bits per heavy atom. The Hall–Kier alpha value is -3.11. The molecule has 2 aromatic carbocycles. The van der Waals surface area contributed by atoms with Crippen LogP contribution in [-0.4, -0.2) is 16.1 Å². The maximum atomic E-state index is 11.4. The summed E-state index contributed by atoms with van der Waals surface area (Å²) in [5, 5.41) is 9.97. The van der Waals surface area contributed by atoms with Gasteiger partial charge in [-0.1, -0.05) is 48.0 Å². The summed E-state index contributed by atoms with van der Waals surface area (Å²) in [5.74, 6) is -0.253. The Morgan fingerprint density at radius 1 is 0.967 bits per heavy atom. The normalized spacial score (nSPS) is 13.9. The minimum atomic E-state index is -1.02. The number of ether oxygens (including phenoxy) is 1. The molecule has 0 saturated carbocycles. The van der Waals surface area contributed by atoms with Crippen LogP contribution in [-0.2, 0) is 6.61 Å². The average molecular weight is 420 g/mol. The molecule has 5 heteroatoms. The van der Waals surface area contributed by atoms with Gasteiger partial charge < -0.3 is 9.84 Å². The summed E-state index contributed by atoms with van der Waals surface area (Å²) in [6.07, 6.45) is 3.81. The maximum absolute atomic E-state index is 11.4. The molecule has 0 aliphatic heterocycles. The van der Waals surface area contributed by atoms with Crippen molar-refractivity contribution in [2.24, 2.45) is 0 Å². The first-order valence-corrected chi connectivity index (χ1v) is 10.4. The van der Waals surface area contributed by atoms with Gasteiger partial charge in [-0.25, -0.2) is 9.78 Å². The van der Waals surface area contributed by atoms with E-state index in [0.717, 1.165) is 53.7 Å². The molecule has 1 N–H and O–H groups in total. The van der Waals surface area contributed by atoms with Gasteiger partial charge in [-0.3, -0.25) is 0 Å². The van der Waals surface area contributed by atoms with E-state index in [1.54, 1.807) is 6.07 Å². The third-order valence-electron chi connectivity index (χ3n) is 5.25. The fraction of sp³-hybridized carbons (Fsp3) is 0.200. The third kappa shape index (κ3) is 4.55. The number of halogens is 1. The highest BCUT2D eigenvalue weighted by Crippen LogP contribution is 2.41. The van der Waals surface area contributed by atoms with Gasteiger partial charge in [-0.05, 0) is 72.7 Å². The van der Waals surface area contributed by atoms with Crippen LogP contribution >= 0.6 is 11.6 Å². The molecule has 1 heterocycles. The molecule has 1 aromatic heterocycles. The van der Waals surface area contributed by atoms with E-state index in [1.165, 1.54) is 6.07 Å². The Labute approximate surface area is 180 Å². The van der Waals surface area contributed by atoms with Gasteiger partial charge in [0.25, 0.3) is 0 Å². The lowest BCUT2D eigenvalue weighted by Gasteiger charge is -2.23. The standard InChI is InChI=1S/C25H22ClNO3/c26-18-13-14-24(30-16-17-7-2-1-3-8-17)21(15-18)19-9-4-5-10-20(19)22-11-6-12-23(27-22)25(28)29/h1-3,6-8,11-15H,4-5,9-10,16H2,(H,28,29). The molecule has 0 unspecified atom stereocenters. The molecule has 3 aromatic rings. The quantitative estimate of drug-likeness (QED) is 0.495. The van der Waals surface area contributed by atoms with Gasteiger partial charge in [0, 0.05) is 10.6 Å². The second kappa shape index (κ2) is 9.14. The van der Waals surface area contributed by atoms with E-state index in [1.807, 2.05) is 54.6 Å². The number of aromatic nitrogens is 1. The summed E-state index contributed by atoms with van der Waals surface area (Å²) in [4.78, 5) is 15.8. The number of rotatable bonds is 6. The number of carboxylic acid groups (broad SMARTS) is 1. The van der Waals surface area contributed by atoms with Crippen LogP contribution in [0.25, 0.3) is 11.1 Å². The highest BCUT2D eigenvalue weighted by atomic mass is 35.5. The largest absolute Gasteiger partial charge is 0.488 e. The molecule has 0 amide bonds. The van der Waals surface area contributed by atoms with Crippen LogP contribution in [0, 0.1) is 0 Å². The summed E-state index contributed by atoms with van der Waals surface area (Å²) in [6, 6.07) is 20.8. The van der Waals surface area contributed by atoms with Crippen molar-refractivity contribution < 1.29 is 14.6 Å². The van der Waals surface area contributed by atoms with Crippen molar-refractivity contribution in [1.82, 2.24) is 4.98 Å². The lowest BCUT2D eigenvalue weighted by atomic mass is 9.85. The van der Waals surface area contributed by atoms with Crippen molar-refractivity contribution in [3.8, 4) is 5.75 Å². The number of nitrogens with zero attached hydrogens (tertiary/aromatic N) is 1. The van der Waals surface area contributed by atoms with Crippen molar-refractivity contribution in [3.63, 3.8) is 0 Å². The van der Waals surface area contributed by atoms with E-state index in [9.17, 15) is 9.90 Å². The van der Waals surface area contributed by atoms with Gasteiger partial charge in [0.2, 0.25) is 0 Å². The number of allylic oxidation sites excluding steroid dienone is 2. The molecule has 0 fully saturated rings. The fourth-order valence-electron chi connectivity index (χ4n) is 3.81. The van der Waals surface area contributed by atoms with Gasteiger partial charge >= 0.3 is 5.97 Å². The summed E-state index contributed by atoms with van der Waals surface area (Å²) >= 11 is 6.34. The highest BCUT2D eigenvalue weighted by Gasteiger charge is 2.21. The van der Waals surface area contributed by atoms with E-state index in [2.05, 4.69) is 4.98 Å². The first-order valence-electron chi connectivity index (χ1n) is 10.0. The zero-order chi connectivity index (χ0) is 20.9. The van der Waals surface area contributed by atoms with Crippen molar-refractivity contribution in [2.75, 3.05) is 0 Å². The summed E-state index contributed by atoms with van der Waals surface area (Å²) < 4.78 is 6.17. The molecule has 0 radical (unpaired) electrons. The lowest BCUT2D eigenvalue weighted by Crippen LogP contribution is -2.06. The number of benzene rings is 2. The molecular formula is C25H22ClNO3. The molecule has 0 saturated heterocycles.